The Kier molecular flexibility index (Phi) is 5.64. The molecule has 2 saturated heterocycles. The minimum absolute atomic E-state index is 0.0345. The molecular formula is C18H24ClNO4. The molecule has 0 bridgehead atoms. The van der Waals surface area contributed by atoms with E-state index in [2.05, 4.69) is 0 Å². The van der Waals surface area contributed by atoms with Gasteiger partial charge >= 0.3 is 0 Å². The first-order valence-corrected chi connectivity index (χ1v) is 8.90. The maximum atomic E-state index is 12.9. The fourth-order valence-corrected chi connectivity index (χ4v) is 3.45. The van der Waals surface area contributed by atoms with E-state index >= 15 is 0 Å². The highest BCUT2D eigenvalue weighted by Crippen LogP contribution is 2.28. The highest BCUT2D eigenvalue weighted by molar-refractivity contribution is 6.32. The van der Waals surface area contributed by atoms with Gasteiger partial charge in [-0.05, 0) is 50.8 Å². The average molecular weight is 354 g/mol. The summed E-state index contributed by atoms with van der Waals surface area (Å²) in [6.07, 6.45) is 2.05. The number of rotatable bonds is 4. The average Bonchev–Trinajstić information content (AvgIpc) is 3.12. The van der Waals surface area contributed by atoms with Crippen molar-refractivity contribution in [1.29, 1.82) is 0 Å². The number of likely N-dealkylation sites (tertiary alicyclic amines) is 1. The third-order valence-electron chi connectivity index (χ3n) is 4.53. The summed E-state index contributed by atoms with van der Waals surface area (Å²) >= 11 is 6.17. The number of ether oxygens (including phenoxy) is 3. The molecular weight excluding hydrogens is 330 g/mol. The van der Waals surface area contributed by atoms with Gasteiger partial charge in [-0.15, -0.1) is 0 Å². The molecule has 132 valence electrons. The zero-order chi connectivity index (χ0) is 17.1. The van der Waals surface area contributed by atoms with E-state index in [0.29, 0.717) is 30.5 Å². The van der Waals surface area contributed by atoms with Gasteiger partial charge in [0.25, 0.3) is 5.91 Å². The fourth-order valence-electron chi connectivity index (χ4n) is 3.29. The second-order valence-electron chi connectivity index (χ2n) is 6.40. The molecule has 2 unspecified atom stereocenters. The highest BCUT2D eigenvalue weighted by Gasteiger charge is 2.38. The lowest BCUT2D eigenvalue weighted by atomic mass is 10.0. The van der Waals surface area contributed by atoms with Crippen molar-refractivity contribution in [2.75, 3.05) is 19.8 Å². The highest BCUT2D eigenvalue weighted by atomic mass is 35.5. The summed E-state index contributed by atoms with van der Waals surface area (Å²) in [7, 11) is 0. The van der Waals surface area contributed by atoms with E-state index in [0.717, 1.165) is 24.8 Å². The number of halogens is 1. The number of nitrogens with zero attached hydrogens (tertiary/aromatic N) is 1. The molecule has 1 aromatic carbocycles. The molecule has 1 amide bonds. The van der Waals surface area contributed by atoms with Gasteiger partial charge in [-0.25, -0.2) is 0 Å². The van der Waals surface area contributed by atoms with Crippen molar-refractivity contribution < 1.29 is 19.0 Å². The number of amides is 1. The first kappa shape index (κ1) is 17.5. The molecule has 1 aromatic rings. The molecule has 2 fully saturated rings. The number of carbonyl (C=O) groups is 1. The Morgan fingerprint density at radius 1 is 1.33 bits per heavy atom. The summed E-state index contributed by atoms with van der Waals surface area (Å²) in [4.78, 5) is 14.8. The number of piperidine rings is 1. The maximum absolute atomic E-state index is 12.9. The van der Waals surface area contributed by atoms with Crippen LogP contribution in [0.3, 0.4) is 0 Å². The quantitative estimate of drug-likeness (QED) is 0.834. The van der Waals surface area contributed by atoms with Crippen molar-refractivity contribution in [3.05, 3.63) is 28.8 Å². The first-order chi connectivity index (χ1) is 11.6. The SMILES string of the molecule is Cc1ccc(Cl)c(OC(C)C(=O)N2CCCCC2C2OCCO2)c1. The van der Waals surface area contributed by atoms with Crippen LogP contribution in [-0.2, 0) is 14.3 Å². The molecule has 0 aliphatic carbocycles. The zero-order valence-corrected chi connectivity index (χ0v) is 14.9. The molecule has 2 aliphatic rings. The van der Waals surface area contributed by atoms with Crippen LogP contribution in [0.2, 0.25) is 5.02 Å². The summed E-state index contributed by atoms with van der Waals surface area (Å²) in [5, 5.41) is 0.512. The van der Waals surface area contributed by atoms with E-state index in [1.165, 1.54) is 0 Å². The zero-order valence-electron chi connectivity index (χ0n) is 14.2. The number of carbonyl (C=O) groups excluding carboxylic acids is 1. The van der Waals surface area contributed by atoms with Crippen LogP contribution in [0.4, 0.5) is 0 Å². The predicted molar refractivity (Wildman–Crippen MR) is 91.3 cm³/mol. The largest absolute Gasteiger partial charge is 0.479 e. The molecule has 2 heterocycles. The minimum atomic E-state index is -0.605. The van der Waals surface area contributed by atoms with Crippen LogP contribution >= 0.6 is 11.6 Å². The Morgan fingerprint density at radius 3 is 2.83 bits per heavy atom. The number of hydrogen-bond acceptors (Lipinski definition) is 4. The molecule has 5 nitrogen and oxygen atoms in total. The van der Waals surface area contributed by atoms with Gasteiger partial charge in [0, 0.05) is 6.54 Å². The number of benzene rings is 1. The topological polar surface area (TPSA) is 48.0 Å². The summed E-state index contributed by atoms with van der Waals surface area (Å²) < 4.78 is 17.1. The van der Waals surface area contributed by atoms with Gasteiger partial charge in [-0.3, -0.25) is 4.79 Å². The first-order valence-electron chi connectivity index (χ1n) is 8.53. The van der Waals surface area contributed by atoms with Gasteiger partial charge in [0.1, 0.15) is 5.75 Å². The summed E-state index contributed by atoms with van der Waals surface area (Å²) in [6.45, 7) is 5.62. The van der Waals surface area contributed by atoms with Crippen molar-refractivity contribution in [2.24, 2.45) is 0 Å². The van der Waals surface area contributed by atoms with Gasteiger partial charge in [-0.2, -0.15) is 0 Å². The third-order valence-corrected chi connectivity index (χ3v) is 4.84. The van der Waals surface area contributed by atoms with Crippen LogP contribution in [0.5, 0.6) is 5.75 Å². The van der Waals surface area contributed by atoms with Crippen LogP contribution in [0.25, 0.3) is 0 Å². The Hall–Kier alpha value is -1.30. The van der Waals surface area contributed by atoms with Gasteiger partial charge in [-0.1, -0.05) is 17.7 Å². The molecule has 3 rings (SSSR count). The van der Waals surface area contributed by atoms with Crippen molar-refractivity contribution in [2.45, 2.75) is 51.5 Å². The molecule has 24 heavy (non-hydrogen) atoms. The van der Waals surface area contributed by atoms with E-state index < -0.39 is 6.10 Å². The van der Waals surface area contributed by atoms with E-state index in [-0.39, 0.29) is 18.2 Å². The summed E-state index contributed by atoms with van der Waals surface area (Å²) in [5.41, 5.74) is 1.04. The molecule has 6 heteroatoms. The molecule has 0 saturated carbocycles. The summed E-state index contributed by atoms with van der Waals surface area (Å²) in [5.74, 6) is 0.496. The van der Waals surface area contributed by atoms with Crippen molar-refractivity contribution in [1.82, 2.24) is 4.90 Å². The Balaban J connectivity index is 1.70. The van der Waals surface area contributed by atoms with Crippen LogP contribution in [0, 0.1) is 6.92 Å². The van der Waals surface area contributed by atoms with Gasteiger partial charge < -0.3 is 19.1 Å². The smallest absolute Gasteiger partial charge is 0.263 e. The lowest BCUT2D eigenvalue weighted by Gasteiger charge is -2.39. The molecule has 0 spiro atoms. The van der Waals surface area contributed by atoms with Crippen LogP contribution in [0.1, 0.15) is 31.7 Å². The van der Waals surface area contributed by atoms with E-state index in [1.54, 1.807) is 13.0 Å². The normalized spacial score (nSPS) is 23.3. The van der Waals surface area contributed by atoms with Crippen molar-refractivity contribution in [3.8, 4) is 5.75 Å². The Morgan fingerprint density at radius 2 is 2.08 bits per heavy atom. The Bertz CT molecular complexity index is 588. The van der Waals surface area contributed by atoms with Crippen LogP contribution in [-0.4, -0.2) is 49.0 Å². The molecule has 2 atom stereocenters. The molecule has 2 aliphatic heterocycles. The third kappa shape index (κ3) is 3.85. The minimum Gasteiger partial charge on any atom is -0.479 e. The second kappa shape index (κ2) is 7.72. The lowest BCUT2D eigenvalue weighted by molar-refractivity contribution is -0.156. The van der Waals surface area contributed by atoms with Gasteiger partial charge in [0.15, 0.2) is 12.4 Å². The Labute approximate surface area is 147 Å². The molecule has 0 radical (unpaired) electrons. The van der Waals surface area contributed by atoms with Crippen LogP contribution < -0.4 is 4.74 Å². The van der Waals surface area contributed by atoms with E-state index in [1.807, 2.05) is 24.0 Å². The lowest BCUT2D eigenvalue weighted by Crippen LogP contribution is -2.53. The predicted octanol–water partition coefficient (Wildman–Crippen LogP) is 3.17. The molecule has 0 N–H and O–H groups in total. The fraction of sp³-hybridized carbons (Fsp3) is 0.611. The van der Waals surface area contributed by atoms with E-state index in [9.17, 15) is 4.79 Å². The summed E-state index contributed by atoms with van der Waals surface area (Å²) in [6, 6.07) is 5.51. The van der Waals surface area contributed by atoms with Gasteiger partial charge in [0.2, 0.25) is 0 Å². The van der Waals surface area contributed by atoms with E-state index in [4.69, 9.17) is 25.8 Å². The van der Waals surface area contributed by atoms with Crippen LogP contribution in [0.15, 0.2) is 18.2 Å². The number of hydrogen-bond donors (Lipinski definition) is 0. The van der Waals surface area contributed by atoms with Crippen molar-refractivity contribution >= 4 is 17.5 Å². The number of aryl methyl sites for hydroxylation is 1. The maximum Gasteiger partial charge on any atom is 0.263 e. The second-order valence-corrected chi connectivity index (χ2v) is 6.81. The standard InChI is InChI=1S/C18H24ClNO4/c1-12-6-7-14(19)16(11-12)24-13(2)17(21)20-8-4-3-5-15(20)18-22-9-10-23-18/h6-7,11,13,15,18H,3-5,8-10H2,1-2H3. The monoisotopic (exact) mass is 353 g/mol. The molecule has 0 aromatic heterocycles. The van der Waals surface area contributed by atoms with Gasteiger partial charge in [0.05, 0.1) is 24.3 Å². The van der Waals surface area contributed by atoms with Crippen molar-refractivity contribution in [3.63, 3.8) is 0 Å².